The Hall–Kier alpha value is -1.58. The quantitative estimate of drug-likeness (QED) is 0.848. The summed E-state index contributed by atoms with van der Waals surface area (Å²) in [5.41, 5.74) is 1.53. The molecule has 2 rings (SSSR count). The number of rotatable bonds is 4. The zero-order chi connectivity index (χ0) is 12.5. The van der Waals surface area contributed by atoms with Gasteiger partial charge in [0, 0.05) is 5.54 Å². The normalized spacial score (nSPS) is 12.0. The van der Waals surface area contributed by atoms with Crippen molar-refractivity contribution in [1.82, 2.24) is 9.97 Å². The van der Waals surface area contributed by atoms with E-state index in [0.717, 1.165) is 23.9 Å². The van der Waals surface area contributed by atoms with Crippen LogP contribution in [0.4, 0.5) is 10.3 Å². The third kappa shape index (κ3) is 2.40. The number of fused-ring (bicyclic) bond motifs is 1. The van der Waals surface area contributed by atoms with Crippen molar-refractivity contribution in [3.63, 3.8) is 0 Å². The molecule has 0 aliphatic rings. The van der Waals surface area contributed by atoms with Gasteiger partial charge in [0.25, 0.3) is 0 Å². The summed E-state index contributed by atoms with van der Waals surface area (Å²) in [4.78, 5) is 7.50. The van der Waals surface area contributed by atoms with E-state index in [2.05, 4.69) is 36.1 Å². The highest BCUT2D eigenvalue weighted by atomic mass is 19.1. The molecule has 1 aromatic heterocycles. The number of nitrogens with one attached hydrogen (secondary N) is 2. The minimum absolute atomic E-state index is 0.0203. The smallest absolute Gasteiger partial charge is 0.201 e. The molecule has 0 saturated carbocycles. The molecule has 0 saturated heterocycles. The van der Waals surface area contributed by atoms with Gasteiger partial charge in [-0.1, -0.05) is 13.8 Å². The first-order chi connectivity index (χ1) is 8.06. The highest BCUT2D eigenvalue weighted by Crippen LogP contribution is 2.22. The first-order valence-corrected chi connectivity index (χ1v) is 6.00. The Balaban J connectivity index is 2.31. The Kier molecular flexibility index (Phi) is 3.05. The summed E-state index contributed by atoms with van der Waals surface area (Å²) >= 11 is 0. The molecule has 0 radical (unpaired) electrons. The van der Waals surface area contributed by atoms with Crippen LogP contribution in [0, 0.1) is 5.82 Å². The van der Waals surface area contributed by atoms with E-state index in [4.69, 9.17) is 0 Å². The summed E-state index contributed by atoms with van der Waals surface area (Å²) in [5, 5.41) is 3.37. The van der Waals surface area contributed by atoms with Crippen molar-refractivity contribution in [1.29, 1.82) is 0 Å². The van der Waals surface area contributed by atoms with Gasteiger partial charge in [-0.15, -0.1) is 0 Å². The minimum atomic E-state index is -0.249. The lowest BCUT2D eigenvalue weighted by Crippen LogP contribution is -2.33. The SMILES string of the molecule is CCC(C)(CC)Nc1nc2ccc(F)cc2[nH]1. The predicted molar refractivity (Wildman–Crippen MR) is 68.7 cm³/mol. The van der Waals surface area contributed by atoms with Gasteiger partial charge >= 0.3 is 0 Å². The van der Waals surface area contributed by atoms with E-state index < -0.39 is 0 Å². The monoisotopic (exact) mass is 235 g/mol. The first kappa shape index (κ1) is 11.9. The number of aromatic amines is 1. The van der Waals surface area contributed by atoms with Gasteiger partial charge in [0.15, 0.2) is 0 Å². The second-order valence-corrected chi connectivity index (χ2v) is 4.64. The van der Waals surface area contributed by atoms with Gasteiger partial charge in [-0.3, -0.25) is 0 Å². The van der Waals surface area contributed by atoms with Gasteiger partial charge in [0.2, 0.25) is 5.95 Å². The number of halogens is 1. The number of H-pyrrole nitrogens is 1. The molecule has 0 bridgehead atoms. The lowest BCUT2D eigenvalue weighted by molar-refractivity contribution is 0.475. The largest absolute Gasteiger partial charge is 0.351 e. The second kappa shape index (κ2) is 4.35. The van der Waals surface area contributed by atoms with Crippen molar-refractivity contribution in [2.24, 2.45) is 0 Å². The standard InChI is InChI=1S/C13H18FN3/c1-4-13(3,5-2)17-12-15-10-7-6-9(14)8-11(10)16-12/h6-8H,4-5H2,1-3H3,(H2,15,16,17). The number of anilines is 1. The van der Waals surface area contributed by atoms with Crippen molar-refractivity contribution in [2.45, 2.75) is 39.2 Å². The highest BCUT2D eigenvalue weighted by Gasteiger charge is 2.20. The maximum Gasteiger partial charge on any atom is 0.201 e. The number of imidazole rings is 1. The molecule has 0 fully saturated rings. The molecule has 4 heteroatoms. The van der Waals surface area contributed by atoms with Crippen LogP contribution in [0.3, 0.4) is 0 Å². The Labute approximate surface area is 100 Å². The van der Waals surface area contributed by atoms with E-state index in [9.17, 15) is 4.39 Å². The predicted octanol–water partition coefficient (Wildman–Crippen LogP) is 3.69. The van der Waals surface area contributed by atoms with Crippen LogP contribution in [0.15, 0.2) is 18.2 Å². The number of benzene rings is 1. The Morgan fingerprint density at radius 1 is 1.35 bits per heavy atom. The van der Waals surface area contributed by atoms with Crippen molar-refractivity contribution >= 4 is 17.0 Å². The molecule has 0 aliphatic heterocycles. The molecule has 92 valence electrons. The van der Waals surface area contributed by atoms with Crippen molar-refractivity contribution in [2.75, 3.05) is 5.32 Å². The Morgan fingerprint density at radius 2 is 2.06 bits per heavy atom. The fraction of sp³-hybridized carbons (Fsp3) is 0.462. The summed E-state index contributed by atoms with van der Waals surface area (Å²) in [6, 6.07) is 4.57. The number of hydrogen-bond acceptors (Lipinski definition) is 2. The summed E-state index contributed by atoms with van der Waals surface area (Å²) in [6.07, 6.45) is 2.02. The van der Waals surface area contributed by atoms with E-state index in [1.807, 2.05) is 0 Å². The molecule has 0 spiro atoms. The van der Waals surface area contributed by atoms with Crippen LogP contribution in [-0.2, 0) is 0 Å². The number of hydrogen-bond donors (Lipinski definition) is 2. The van der Waals surface area contributed by atoms with E-state index in [1.54, 1.807) is 6.07 Å². The lowest BCUT2D eigenvalue weighted by atomic mass is 9.96. The topological polar surface area (TPSA) is 40.7 Å². The molecule has 0 amide bonds. The zero-order valence-corrected chi connectivity index (χ0v) is 10.5. The summed E-state index contributed by atoms with van der Waals surface area (Å²) in [6.45, 7) is 6.43. The Bertz CT molecular complexity index is 514. The minimum Gasteiger partial charge on any atom is -0.351 e. The molecule has 0 unspecified atom stereocenters. The third-order valence-corrected chi connectivity index (χ3v) is 3.42. The molecule has 1 aromatic carbocycles. The van der Waals surface area contributed by atoms with Crippen LogP contribution in [0.1, 0.15) is 33.6 Å². The average molecular weight is 235 g/mol. The number of nitrogens with zero attached hydrogens (tertiary/aromatic N) is 1. The fourth-order valence-corrected chi connectivity index (χ4v) is 1.75. The van der Waals surface area contributed by atoms with Crippen LogP contribution in [0.25, 0.3) is 11.0 Å². The molecule has 0 aliphatic carbocycles. The average Bonchev–Trinajstić information content (AvgIpc) is 2.70. The summed E-state index contributed by atoms with van der Waals surface area (Å²) < 4.78 is 13.0. The van der Waals surface area contributed by atoms with Gasteiger partial charge in [-0.25, -0.2) is 9.37 Å². The molecule has 1 heterocycles. The molecule has 0 atom stereocenters. The van der Waals surface area contributed by atoms with Crippen molar-refractivity contribution in [3.05, 3.63) is 24.0 Å². The van der Waals surface area contributed by atoms with Gasteiger partial charge in [0.05, 0.1) is 11.0 Å². The highest BCUT2D eigenvalue weighted by molar-refractivity contribution is 5.77. The van der Waals surface area contributed by atoms with Crippen LogP contribution >= 0.6 is 0 Å². The van der Waals surface area contributed by atoms with Crippen molar-refractivity contribution < 1.29 is 4.39 Å². The van der Waals surface area contributed by atoms with E-state index in [0.29, 0.717) is 5.95 Å². The summed E-state index contributed by atoms with van der Waals surface area (Å²) in [7, 11) is 0. The van der Waals surface area contributed by atoms with Gasteiger partial charge in [-0.05, 0) is 38.0 Å². The van der Waals surface area contributed by atoms with E-state index >= 15 is 0 Å². The molecule has 2 N–H and O–H groups in total. The fourth-order valence-electron chi connectivity index (χ4n) is 1.75. The molecule has 3 nitrogen and oxygen atoms in total. The van der Waals surface area contributed by atoms with Crippen LogP contribution in [-0.4, -0.2) is 15.5 Å². The van der Waals surface area contributed by atoms with E-state index in [-0.39, 0.29) is 11.4 Å². The maximum absolute atomic E-state index is 13.0. The lowest BCUT2D eigenvalue weighted by Gasteiger charge is -2.27. The maximum atomic E-state index is 13.0. The van der Waals surface area contributed by atoms with Crippen LogP contribution < -0.4 is 5.32 Å². The molecule has 2 aromatic rings. The molecular weight excluding hydrogens is 217 g/mol. The van der Waals surface area contributed by atoms with Gasteiger partial charge in [-0.2, -0.15) is 0 Å². The zero-order valence-electron chi connectivity index (χ0n) is 10.5. The third-order valence-electron chi connectivity index (χ3n) is 3.42. The Morgan fingerprint density at radius 3 is 2.71 bits per heavy atom. The summed E-state index contributed by atoms with van der Waals surface area (Å²) in [5.74, 6) is 0.457. The van der Waals surface area contributed by atoms with Crippen molar-refractivity contribution in [3.8, 4) is 0 Å². The van der Waals surface area contributed by atoms with Crippen LogP contribution in [0.5, 0.6) is 0 Å². The molecule has 17 heavy (non-hydrogen) atoms. The van der Waals surface area contributed by atoms with Crippen LogP contribution in [0.2, 0.25) is 0 Å². The van der Waals surface area contributed by atoms with E-state index in [1.165, 1.54) is 12.1 Å². The number of aromatic nitrogens is 2. The first-order valence-electron chi connectivity index (χ1n) is 6.00. The second-order valence-electron chi connectivity index (χ2n) is 4.64. The van der Waals surface area contributed by atoms with Gasteiger partial charge < -0.3 is 10.3 Å². The molecular formula is C13H18FN3. The van der Waals surface area contributed by atoms with Gasteiger partial charge in [0.1, 0.15) is 5.82 Å².